The molecular weight excluding hydrogens is 372 g/mol. The van der Waals surface area contributed by atoms with Gasteiger partial charge in [0.2, 0.25) is 5.95 Å². The summed E-state index contributed by atoms with van der Waals surface area (Å²) < 4.78 is 4.37. The number of nitrogens with two attached hydrogens (primary N) is 1. The van der Waals surface area contributed by atoms with Gasteiger partial charge >= 0.3 is 5.69 Å². The number of aromatic nitrogens is 4. The molecular formula is C20H29N6O3+. The number of quaternary nitrogens is 1. The lowest BCUT2D eigenvalue weighted by molar-refractivity contribution is -0.657. The van der Waals surface area contributed by atoms with Crippen LogP contribution in [0.25, 0.3) is 11.2 Å². The molecule has 9 nitrogen and oxygen atoms in total. The molecule has 29 heavy (non-hydrogen) atoms. The maximum absolute atomic E-state index is 12.9. The summed E-state index contributed by atoms with van der Waals surface area (Å²) in [4.78, 5) is 29.9. The van der Waals surface area contributed by atoms with Gasteiger partial charge in [-0.1, -0.05) is 37.3 Å². The fourth-order valence-electron chi connectivity index (χ4n) is 3.40. The predicted molar refractivity (Wildman–Crippen MR) is 112 cm³/mol. The molecule has 1 atom stereocenters. The first kappa shape index (κ1) is 20.8. The second-order valence-corrected chi connectivity index (χ2v) is 7.17. The third-order valence-electron chi connectivity index (χ3n) is 5.14. The maximum atomic E-state index is 12.9. The van der Waals surface area contributed by atoms with Crippen LogP contribution in [0.2, 0.25) is 0 Å². The molecule has 156 valence electrons. The quantitative estimate of drug-likeness (QED) is 0.408. The van der Waals surface area contributed by atoms with Crippen LogP contribution in [0, 0.1) is 0 Å². The molecule has 0 fully saturated rings. The summed E-state index contributed by atoms with van der Waals surface area (Å²) in [6.45, 7) is 4.06. The molecule has 4 N–H and O–H groups in total. The molecule has 0 radical (unpaired) electrons. The highest BCUT2D eigenvalue weighted by atomic mass is 16.3. The summed E-state index contributed by atoms with van der Waals surface area (Å²) in [5, 5.41) is 14.5. The van der Waals surface area contributed by atoms with E-state index in [9.17, 15) is 9.59 Å². The third-order valence-corrected chi connectivity index (χ3v) is 5.14. The van der Waals surface area contributed by atoms with E-state index in [0.717, 1.165) is 23.1 Å². The molecule has 0 aliphatic rings. The number of aliphatic hydroxyl groups is 1. The summed E-state index contributed by atoms with van der Waals surface area (Å²) in [6.07, 6.45) is 0.855. The van der Waals surface area contributed by atoms with Crippen molar-refractivity contribution in [2.45, 2.75) is 25.9 Å². The van der Waals surface area contributed by atoms with Gasteiger partial charge in [-0.3, -0.25) is 18.5 Å². The van der Waals surface area contributed by atoms with Gasteiger partial charge in [0.05, 0.1) is 32.3 Å². The van der Waals surface area contributed by atoms with E-state index < -0.39 is 5.69 Å². The zero-order valence-corrected chi connectivity index (χ0v) is 17.1. The van der Waals surface area contributed by atoms with Crippen molar-refractivity contribution >= 4 is 17.1 Å². The van der Waals surface area contributed by atoms with Crippen molar-refractivity contribution < 1.29 is 10.4 Å². The van der Waals surface area contributed by atoms with E-state index in [-0.39, 0.29) is 18.2 Å². The van der Waals surface area contributed by atoms with Crippen LogP contribution in [0.3, 0.4) is 0 Å². The number of aryl methyl sites for hydroxylation is 1. The summed E-state index contributed by atoms with van der Waals surface area (Å²) in [5.41, 5.74) is 1.03. The molecule has 0 aliphatic carbocycles. The Morgan fingerprint density at radius 3 is 2.55 bits per heavy atom. The van der Waals surface area contributed by atoms with Gasteiger partial charge in [-0.05, 0) is 12.0 Å². The zero-order chi connectivity index (χ0) is 21.0. The van der Waals surface area contributed by atoms with Crippen LogP contribution >= 0.6 is 0 Å². The number of hydrogen-bond donors (Lipinski definition) is 3. The molecule has 2 heterocycles. The molecule has 3 aromatic rings. The van der Waals surface area contributed by atoms with E-state index in [0.29, 0.717) is 30.2 Å². The van der Waals surface area contributed by atoms with Crippen LogP contribution in [0.15, 0.2) is 39.9 Å². The van der Waals surface area contributed by atoms with Gasteiger partial charge in [0, 0.05) is 14.1 Å². The first-order chi connectivity index (χ1) is 14.0. The maximum Gasteiger partial charge on any atom is 0.332 e. The molecule has 0 saturated heterocycles. The monoisotopic (exact) mass is 401 g/mol. The van der Waals surface area contributed by atoms with Gasteiger partial charge in [-0.25, -0.2) is 4.79 Å². The Kier molecular flexibility index (Phi) is 6.50. The average Bonchev–Trinajstić information content (AvgIpc) is 3.08. The highest BCUT2D eigenvalue weighted by molar-refractivity contribution is 5.74. The molecule has 1 aromatic carbocycles. The lowest BCUT2D eigenvalue weighted by Crippen LogP contribution is -2.87. The fraction of sp³-hybridized carbons (Fsp3) is 0.450. The Hall–Kier alpha value is -2.91. The first-order valence-corrected chi connectivity index (χ1v) is 9.87. The fourth-order valence-corrected chi connectivity index (χ4v) is 3.40. The number of rotatable bonds is 9. The van der Waals surface area contributed by atoms with Gasteiger partial charge < -0.3 is 15.7 Å². The molecule has 0 saturated carbocycles. The SMILES string of the molecule is CC[C@@H](C[NH2+]CCO)Nc1nc2c(c(=O)n(C)c(=O)n2C)n1Cc1ccccc1. The highest BCUT2D eigenvalue weighted by Gasteiger charge is 2.21. The standard InChI is InChI=1S/C20H28N6O3/c1-4-15(12-21-10-11-27)22-19-23-17-16(18(28)25(3)20(29)24(17)2)26(19)13-14-8-6-5-7-9-14/h5-9,15,21,27H,4,10-13H2,1-3H3,(H,22,23)/p+1/t15-/m0/s1. The number of benzene rings is 1. The van der Waals surface area contributed by atoms with Crippen LogP contribution in [0.5, 0.6) is 0 Å². The van der Waals surface area contributed by atoms with Gasteiger partial charge in [-0.2, -0.15) is 4.98 Å². The van der Waals surface area contributed by atoms with E-state index in [1.807, 2.05) is 40.2 Å². The van der Waals surface area contributed by atoms with Crippen LogP contribution in [0.4, 0.5) is 5.95 Å². The topological polar surface area (TPSA) is 111 Å². The van der Waals surface area contributed by atoms with Crippen molar-refractivity contribution in [1.82, 2.24) is 18.7 Å². The lowest BCUT2D eigenvalue weighted by atomic mass is 10.2. The number of nitrogens with zero attached hydrogens (tertiary/aromatic N) is 4. The Bertz CT molecular complexity index is 1080. The minimum absolute atomic E-state index is 0.105. The smallest absolute Gasteiger partial charge is 0.332 e. The van der Waals surface area contributed by atoms with Crippen molar-refractivity contribution in [3.63, 3.8) is 0 Å². The van der Waals surface area contributed by atoms with Gasteiger partial charge in [0.1, 0.15) is 0 Å². The van der Waals surface area contributed by atoms with E-state index in [4.69, 9.17) is 5.11 Å². The molecule has 0 unspecified atom stereocenters. The molecule has 3 rings (SSSR count). The summed E-state index contributed by atoms with van der Waals surface area (Å²) in [5.74, 6) is 0.561. The lowest BCUT2D eigenvalue weighted by Gasteiger charge is -2.17. The predicted octanol–water partition coefficient (Wildman–Crippen LogP) is -0.772. The van der Waals surface area contributed by atoms with Crippen molar-refractivity contribution in [2.24, 2.45) is 14.1 Å². The molecule has 0 spiro atoms. The number of fused-ring (bicyclic) bond motifs is 1. The number of imidazole rings is 1. The second kappa shape index (κ2) is 9.06. The molecule has 9 heteroatoms. The van der Waals surface area contributed by atoms with Crippen LogP contribution < -0.4 is 21.9 Å². The van der Waals surface area contributed by atoms with Gasteiger partial charge in [-0.15, -0.1) is 0 Å². The Morgan fingerprint density at radius 2 is 1.90 bits per heavy atom. The largest absolute Gasteiger partial charge is 0.391 e. The average molecular weight is 401 g/mol. The zero-order valence-electron chi connectivity index (χ0n) is 17.1. The number of anilines is 1. The Morgan fingerprint density at radius 1 is 1.17 bits per heavy atom. The number of hydrogen-bond acceptors (Lipinski definition) is 5. The number of nitrogens with one attached hydrogen (secondary N) is 1. The Balaban J connectivity index is 2.11. The van der Waals surface area contributed by atoms with E-state index in [2.05, 4.69) is 17.2 Å². The third kappa shape index (κ3) is 4.25. The van der Waals surface area contributed by atoms with E-state index in [1.165, 1.54) is 11.6 Å². The highest BCUT2D eigenvalue weighted by Crippen LogP contribution is 2.19. The second-order valence-electron chi connectivity index (χ2n) is 7.17. The van der Waals surface area contributed by atoms with Crippen molar-refractivity contribution in [3.8, 4) is 0 Å². The Labute approximate surface area is 168 Å². The van der Waals surface area contributed by atoms with Crippen LogP contribution in [0.1, 0.15) is 18.9 Å². The van der Waals surface area contributed by atoms with Crippen molar-refractivity contribution in [3.05, 3.63) is 56.7 Å². The summed E-state index contributed by atoms with van der Waals surface area (Å²) >= 11 is 0. The summed E-state index contributed by atoms with van der Waals surface area (Å²) in [7, 11) is 3.11. The van der Waals surface area contributed by atoms with Crippen molar-refractivity contribution in [1.29, 1.82) is 0 Å². The van der Waals surface area contributed by atoms with E-state index >= 15 is 0 Å². The first-order valence-electron chi connectivity index (χ1n) is 9.87. The van der Waals surface area contributed by atoms with Gasteiger partial charge in [0.15, 0.2) is 11.2 Å². The van der Waals surface area contributed by atoms with Crippen molar-refractivity contribution in [2.75, 3.05) is 25.0 Å². The molecule has 0 aliphatic heterocycles. The summed E-state index contributed by atoms with van der Waals surface area (Å²) in [6, 6.07) is 9.95. The minimum atomic E-state index is -0.401. The van der Waals surface area contributed by atoms with Crippen LogP contribution in [-0.4, -0.2) is 49.5 Å². The molecule has 2 aromatic heterocycles. The normalized spacial score (nSPS) is 12.4. The number of aliphatic hydroxyl groups excluding tert-OH is 1. The minimum Gasteiger partial charge on any atom is -0.391 e. The van der Waals surface area contributed by atoms with Crippen LogP contribution in [-0.2, 0) is 20.6 Å². The van der Waals surface area contributed by atoms with E-state index in [1.54, 1.807) is 7.05 Å². The molecule has 0 amide bonds. The molecule has 0 bridgehead atoms. The van der Waals surface area contributed by atoms with Gasteiger partial charge in [0.25, 0.3) is 5.56 Å².